The molecule has 1 aromatic carbocycles. The van der Waals surface area contributed by atoms with Crippen molar-refractivity contribution < 1.29 is 18.0 Å². The summed E-state index contributed by atoms with van der Waals surface area (Å²) in [6.07, 6.45) is -2.79. The van der Waals surface area contributed by atoms with Crippen molar-refractivity contribution in [3.63, 3.8) is 0 Å². The fourth-order valence-electron chi connectivity index (χ4n) is 3.95. The second kappa shape index (κ2) is 8.36. The predicted octanol–water partition coefficient (Wildman–Crippen LogP) is 3.49. The summed E-state index contributed by atoms with van der Waals surface area (Å²) in [7, 11) is 0. The van der Waals surface area contributed by atoms with Gasteiger partial charge in [0.25, 0.3) is 5.91 Å². The highest BCUT2D eigenvalue weighted by Gasteiger charge is 2.36. The molecule has 9 nitrogen and oxygen atoms in total. The van der Waals surface area contributed by atoms with Crippen LogP contribution in [-0.2, 0) is 6.18 Å². The smallest absolute Gasteiger partial charge is 0.336 e. The highest BCUT2D eigenvalue weighted by atomic mass is 19.4. The fourth-order valence-corrected chi connectivity index (χ4v) is 3.95. The lowest BCUT2D eigenvalue weighted by molar-refractivity contribution is -0.138. The van der Waals surface area contributed by atoms with Crippen LogP contribution in [0.1, 0.15) is 21.6 Å². The number of alkyl halides is 3. The number of aromatic amines is 1. The van der Waals surface area contributed by atoms with Crippen molar-refractivity contribution >= 4 is 29.0 Å². The van der Waals surface area contributed by atoms with E-state index in [0.29, 0.717) is 30.7 Å². The molecule has 2 N–H and O–H groups in total. The van der Waals surface area contributed by atoms with E-state index in [-0.39, 0.29) is 18.7 Å². The van der Waals surface area contributed by atoms with Crippen molar-refractivity contribution in [2.45, 2.75) is 13.1 Å². The van der Waals surface area contributed by atoms with Gasteiger partial charge in [-0.3, -0.25) is 9.89 Å². The van der Waals surface area contributed by atoms with Crippen molar-refractivity contribution in [3.8, 4) is 0 Å². The zero-order chi connectivity index (χ0) is 23.9. The molecule has 0 saturated carbocycles. The molecule has 1 aliphatic heterocycles. The number of piperazine rings is 1. The van der Waals surface area contributed by atoms with Crippen LogP contribution in [0.4, 0.5) is 30.8 Å². The largest absolute Gasteiger partial charge is 0.417 e. The van der Waals surface area contributed by atoms with Gasteiger partial charge in [0.2, 0.25) is 5.95 Å². The Labute approximate surface area is 192 Å². The maximum Gasteiger partial charge on any atom is 0.417 e. The van der Waals surface area contributed by atoms with Crippen LogP contribution in [-0.4, -0.2) is 61.8 Å². The monoisotopic (exact) mass is 470 g/mol. The number of hydrogen-bond acceptors (Lipinski definition) is 6. The van der Waals surface area contributed by atoms with E-state index in [1.165, 1.54) is 23.1 Å². The van der Waals surface area contributed by atoms with Gasteiger partial charge in [0.1, 0.15) is 5.52 Å². The number of fused-ring (bicyclic) bond motifs is 1. The van der Waals surface area contributed by atoms with Gasteiger partial charge >= 0.3 is 6.18 Å². The SMILES string of the molecule is Cc1cc(Nc2nc(N3CCN(C(=O)c4ccccc4C(F)(F)F)CC3)nn3cccc23)n[nH]1. The second-order valence-corrected chi connectivity index (χ2v) is 7.98. The lowest BCUT2D eigenvalue weighted by atomic mass is 10.1. The zero-order valence-corrected chi connectivity index (χ0v) is 18.2. The van der Waals surface area contributed by atoms with Crippen LogP contribution >= 0.6 is 0 Å². The number of carbonyl (C=O) groups excluding carboxylic acids is 1. The van der Waals surface area contributed by atoms with Crippen LogP contribution in [0, 0.1) is 6.92 Å². The van der Waals surface area contributed by atoms with Crippen LogP contribution in [0.15, 0.2) is 48.7 Å². The van der Waals surface area contributed by atoms with Crippen LogP contribution < -0.4 is 10.2 Å². The number of benzene rings is 1. The Kier molecular flexibility index (Phi) is 5.34. The van der Waals surface area contributed by atoms with E-state index >= 15 is 0 Å². The minimum atomic E-state index is -4.59. The van der Waals surface area contributed by atoms with Crippen LogP contribution in [0.25, 0.3) is 5.52 Å². The average molecular weight is 470 g/mol. The highest BCUT2D eigenvalue weighted by Crippen LogP contribution is 2.32. The lowest BCUT2D eigenvalue weighted by Crippen LogP contribution is -2.49. The number of rotatable bonds is 4. The number of halogens is 3. The Bertz CT molecular complexity index is 1340. The third kappa shape index (κ3) is 4.14. The molecule has 1 aliphatic rings. The number of aryl methyl sites for hydroxylation is 1. The van der Waals surface area contributed by atoms with Crippen molar-refractivity contribution in [2.75, 3.05) is 36.4 Å². The molecule has 34 heavy (non-hydrogen) atoms. The molecule has 0 bridgehead atoms. The van der Waals surface area contributed by atoms with E-state index in [4.69, 9.17) is 0 Å². The minimum absolute atomic E-state index is 0.249. The molecule has 3 aromatic heterocycles. The number of aromatic nitrogens is 5. The minimum Gasteiger partial charge on any atom is -0.336 e. The van der Waals surface area contributed by atoms with Gasteiger partial charge in [0.05, 0.1) is 11.1 Å². The van der Waals surface area contributed by atoms with Gasteiger partial charge < -0.3 is 15.1 Å². The summed E-state index contributed by atoms with van der Waals surface area (Å²) >= 11 is 0. The molecular formula is C22H21F3N8O. The highest BCUT2D eigenvalue weighted by molar-refractivity contribution is 5.96. The number of H-pyrrole nitrogens is 1. The summed E-state index contributed by atoms with van der Waals surface area (Å²) in [6, 6.07) is 10.4. The van der Waals surface area contributed by atoms with Crippen LogP contribution in [0.2, 0.25) is 0 Å². The number of anilines is 3. The van der Waals surface area contributed by atoms with Gasteiger partial charge in [-0.25, -0.2) is 4.52 Å². The standard InChI is InChI=1S/C22H21F3N8O/c1-14-13-18(29-28-14)26-19-17-7-4-8-33(17)30-21(27-19)32-11-9-31(10-12-32)20(34)15-5-2-3-6-16(15)22(23,24)25/h2-8,13H,9-12H2,1H3,(H2,26,27,28,29,30). The normalized spacial score (nSPS) is 14.6. The first-order valence-electron chi connectivity index (χ1n) is 10.6. The molecule has 0 unspecified atom stereocenters. The zero-order valence-electron chi connectivity index (χ0n) is 18.2. The Morgan fingerprint density at radius 1 is 1.09 bits per heavy atom. The van der Waals surface area contributed by atoms with E-state index < -0.39 is 17.6 Å². The Hall–Kier alpha value is -4.09. The summed E-state index contributed by atoms with van der Waals surface area (Å²) in [4.78, 5) is 20.8. The number of hydrogen-bond donors (Lipinski definition) is 2. The van der Waals surface area contributed by atoms with Gasteiger partial charge in [-0.05, 0) is 31.2 Å². The van der Waals surface area contributed by atoms with E-state index in [9.17, 15) is 18.0 Å². The second-order valence-electron chi connectivity index (χ2n) is 7.98. The topological polar surface area (TPSA) is 94.5 Å². The molecule has 0 radical (unpaired) electrons. The Morgan fingerprint density at radius 3 is 2.56 bits per heavy atom. The molecule has 1 amide bonds. The van der Waals surface area contributed by atoms with Crippen molar-refractivity contribution in [3.05, 3.63) is 65.5 Å². The number of nitrogens with zero attached hydrogens (tertiary/aromatic N) is 6. The van der Waals surface area contributed by atoms with E-state index in [1.54, 1.807) is 10.7 Å². The summed E-state index contributed by atoms with van der Waals surface area (Å²) in [5.74, 6) is 0.995. The summed E-state index contributed by atoms with van der Waals surface area (Å²) in [5, 5.41) is 14.8. The summed E-state index contributed by atoms with van der Waals surface area (Å²) in [5.41, 5.74) is 0.403. The summed E-state index contributed by atoms with van der Waals surface area (Å²) < 4.78 is 41.7. The molecule has 4 aromatic rings. The molecular weight excluding hydrogens is 449 g/mol. The first kappa shape index (κ1) is 21.7. The van der Waals surface area contributed by atoms with E-state index in [1.807, 2.05) is 30.0 Å². The maximum absolute atomic E-state index is 13.3. The van der Waals surface area contributed by atoms with Crippen molar-refractivity contribution in [1.82, 2.24) is 29.7 Å². The molecule has 0 spiro atoms. The molecule has 0 atom stereocenters. The van der Waals surface area contributed by atoms with Gasteiger partial charge in [0.15, 0.2) is 11.6 Å². The lowest BCUT2D eigenvalue weighted by Gasteiger charge is -2.35. The molecule has 1 saturated heterocycles. The fraction of sp³-hybridized carbons (Fsp3) is 0.273. The van der Waals surface area contributed by atoms with Crippen LogP contribution in [0.5, 0.6) is 0 Å². The maximum atomic E-state index is 13.3. The summed E-state index contributed by atoms with van der Waals surface area (Å²) in [6.45, 7) is 3.16. The Balaban J connectivity index is 1.34. The van der Waals surface area contributed by atoms with Gasteiger partial charge in [-0.15, -0.1) is 5.10 Å². The average Bonchev–Trinajstić information content (AvgIpc) is 3.47. The molecule has 5 rings (SSSR count). The van der Waals surface area contributed by atoms with Crippen molar-refractivity contribution in [2.24, 2.45) is 0 Å². The number of nitrogens with one attached hydrogen (secondary N) is 2. The van der Waals surface area contributed by atoms with Crippen molar-refractivity contribution in [1.29, 1.82) is 0 Å². The van der Waals surface area contributed by atoms with E-state index in [2.05, 4.69) is 25.6 Å². The molecule has 1 fully saturated rings. The quantitative estimate of drug-likeness (QED) is 0.474. The van der Waals surface area contributed by atoms with Gasteiger partial charge in [-0.2, -0.15) is 23.3 Å². The van der Waals surface area contributed by atoms with Crippen LogP contribution in [0.3, 0.4) is 0 Å². The first-order chi connectivity index (χ1) is 16.3. The van der Waals surface area contributed by atoms with E-state index in [0.717, 1.165) is 17.3 Å². The Morgan fingerprint density at radius 2 is 1.85 bits per heavy atom. The molecule has 176 valence electrons. The van der Waals surface area contributed by atoms with Gasteiger partial charge in [-0.1, -0.05) is 12.1 Å². The third-order valence-electron chi connectivity index (χ3n) is 5.64. The van der Waals surface area contributed by atoms with Gasteiger partial charge in [0, 0.05) is 44.1 Å². The molecule has 4 heterocycles. The third-order valence-corrected chi connectivity index (χ3v) is 5.64. The predicted molar refractivity (Wildman–Crippen MR) is 119 cm³/mol. The number of carbonyl (C=O) groups is 1. The molecule has 12 heteroatoms. The first-order valence-corrected chi connectivity index (χ1v) is 10.6. The molecule has 0 aliphatic carbocycles. The number of amides is 1.